The molecule has 7 nitrogen and oxygen atoms in total. The highest BCUT2D eigenvalue weighted by Gasteiger charge is 2.19. The SMILES string of the molecule is C=C(OCCCC)c1cn(COCC[Si](C)(C)C)c2cnn(COCC[Si](C)(C)C)c(=O)c12. The Morgan fingerprint density at radius 3 is 2.18 bits per heavy atom. The molecule has 2 rings (SSSR count). The Balaban J connectivity index is 2.26. The molecule has 0 N–H and O–H groups in total. The van der Waals surface area contributed by atoms with Crippen LogP contribution in [0.5, 0.6) is 0 Å². The first-order valence-corrected chi connectivity index (χ1v) is 19.4. The van der Waals surface area contributed by atoms with Crippen molar-refractivity contribution in [3.63, 3.8) is 0 Å². The van der Waals surface area contributed by atoms with Crippen molar-refractivity contribution in [1.29, 1.82) is 0 Å². The average Bonchev–Trinajstić information content (AvgIpc) is 3.08. The molecule has 2 aromatic rings. The van der Waals surface area contributed by atoms with Crippen molar-refractivity contribution in [3.05, 3.63) is 34.9 Å². The maximum atomic E-state index is 13.3. The van der Waals surface area contributed by atoms with Gasteiger partial charge in [-0.15, -0.1) is 0 Å². The van der Waals surface area contributed by atoms with Gasteiger partial charge in [0.15, 0.2) is 0 Å². The van der Waals surface area contributed by atoms with Crippen molar-refractivity contribution in [2.45, 2.75) is 84.6 Å². The lowest BCUT2D eigenvalue weighted by molar-refractivity contribution is 0.0752. The van der Waals surface area contributed by atoms with Crippen LogP contribution in [-0.2, 0) is 27.7 Å². The molecule has 0 amide bonds. The minimum atomic E-state index is -1.19. The van der Waals surface area contributed by atoms with Crippen LogP contribution in [-0.4, -0.2) is 50.3 Å². The molecule has 0 saturated carbocycles. The molecule has 33 heavy (non-hydrogen) atoms. The first-order valence-electron chi connectivity index (χ1n) is 12.0. The molecule has 2 aromatic heterocycles. The van der Waals surface area contributed by atoms with Gasteiger partial charge in [-0.2, -0.15) is 5.10 Å². The van der Waals surface area contributed by atoms with Crippen molar-refractivity contribution in [2.24, 2.45) is 0 Å². The molecule has 0 radical (unpaired) electrons. The minimum Gasteiger partial charge on any atom is -0.494 e. The van der Waals surface area contributed by atoms with Gasteiger partial charge in [-0.3, -0.25) is 4.79 Å². The van der Waals surface area contributed by atoms with Crippen LogP contribution in [0.25, 0.3) is 16.7 Å². The zero-order chi connectivity index (χ0) is 24.6. The highest BCUT2D eigenvalue weighted by Crippen LogP contribution is 2.25. The molecule has 0 bridgehead atoms. The van der Waals surface area contributed by atoms with Gasteiger partial charge in [0.25, 0.3) is 5.56 Å². The molecule has 0 spiro atoms. The molecule has 9 heteroatoms. The first-order chi connectivity index (χ1) is 15.4. The van der Waals surface area contributed by atoms with Crippen LogP contribution in [0, 0.1) is 0 Å². The van der Waals surface area contributed by atoms with Gasteiger partial charge in [-0.25, -0.2) is 4.68 Å². The number of fused-ring (bicyclic) bond motifs is 1. The Hall–Kier alpha value is -1.69. The number of unbranched alkanes of at least 4 members (excludes halogenated alkanes) is 1. The van der Waals surface area contributed by atoms with Crippen LogP contribution in [0.3, 0.4) is 0 Å². The standard InChI is InChI=1S/C24H43N3O4Si2/c1-9-10-11-31-20(2)21-17-26(18-29-12-14-32(3,4)5)22-16-25-27(24(28)23(21)22)19-30-13-15-33(6,7)8/h16-17H,2,9-15,18-19H2,1,3-8H3. The molecular formula is C24H43N3O4Si2. The fraction of sp³-hybridized carbons (Fsp3) is 0.667. The third kappa shape index (κ3) is 8.88. The van der Waals surface area contributed by atoms with Crippen LogP contribution in [0.2, 0.25) is 51.4 Å². The maximum Gasteiger partial charge on any atom is 0.279 e. The highest BCUT2D eigenvalue weighted by molar-refractivity contribution is 6.76. The monoisotopic (exact) mass is 493 g/mol. The van der Waals surface area contributed by atoms with Gasteiger partial charge in [0.1, 0.15) is 19.2 Å². The van der Waals surface area contributed by atoms with E-state index in [4.69, 9.17) is 14.2 Å². The van der Waals surface area contributed by atoms with E-state index < -0.39 is 16.1 Å². The minimum absolute atomic E-state index is 0.139. The third-order valence-electron chi connectivity index (χ3n) is 5.40. The Morgan fingerprint density at radius 2 is 1.61 bits per heavy atom. The molecule has 0 atom stereocenters. The third-order valence-corrected chi connectivity index (χ3v) is 8.81. The summed E-state index contributed by atoms with van der Waals surface area (Å²) in [5.74, 6) is 0.504. The van der Waals surface area contributed by atoms with E-state index in [9.17, 15) is 4.79 Å². The molecule has 0 fully saturated rings. The van der Waals surface area contributed by atoms with E-state index in [2.05, 4.69) is 57.9 Å². The number of aromatic nitrogens is 3. The summed E-state index contributed by atoms with van der Waals surface area (Å²) in [6, 6.07) is 2.13. The van der Waals surface area contributed by atoms with Gasteiger partial charge < -0.3 is 18.8 Å². The van der Waals surface area contributed by atoms with Gasteiger partial charge >= 0.3 is 0 Å². The predicted octanol–water partition coefficient (Wildman–Crippen LogP) is 5.61. The lowest BCUT2D eigenvalue weighted by Crippen LogP contribution is -2.26. The number of nitrogens with zero attached hydrogens (tertiary/aromatic N) is 3. The maximum absolute atomic E-state index is 13.3. The van der Waals surface area contributed by atoms with Crippen molar-refractivity contribution in [1.82, 2.24) is 14.3 Å². The summed E-state index contributed by atoms with van der Waals surface area (Å²) in [5.41, 5.74) is 1.22. The largest absolute Gasteiger partial charge is 0.494 e. The predicted molar refractivity (Wildman–Crippen MR) is 142 cm³/mol. The van der Waals surface area contributed by atoms with Crippen molar-refractivity contribution in [3.8, 4) is 0 Å². The van der Waals surface area contributed by atoms with E-state index in [-0.39, 0.29) is 12.3 Å². The summed E-state index contributed by atoms with van der Waals surface area (Å²) in [5, 5.41) is 4.92. The van der Waals surface area contributed by atoms with Gasteiger partial charge in [0.2, 0.25) is 0 Å². The highest BCUT2D eigenvalue weighted by atomic mass is 28.3. The lowest BCUT2D eigenvalue weighted by Gasteiger charge is -2.16. The van der Waals surface area contributed by atoms with Crippen molar-refractivity contribution >= 4 is 32.8 Å². The second-order valence-corrected chi connectivity index (χ2v) is 22.3. The summed E-state index contributed by atoms with van der Waals surface area (Å²) < 4.78 is 20.9. The first kappa shape index (κ1) is 27.6. The van der Waals surface area contributed by atoms with Crippen LogP contribution in [0.1, 0.15) is 25.3 Å². The summed E-state index contributed by atoms with van der Waals surface area (Å²) in [6.07, 6.45) is 5.58. The zero-order valence-electron chi connectivity index (χ0n) is 21.7. The van der Waals surface area contributed by atoms with Crippen molar-refractivity contribution < 1.29 is 14.2 Å². The normalized spacial score (nSPS) is 12.5. The van der Waals surface area contributed by atoms with Gasteiger partial charge in [0, 0.05) is 41.1 Å². The average molecular weight is 494 g/mol. The second-order valence-electron chi connectivity index (χ2n) is 11.0. The van der Waals surface area contributed by atoms with Gasteiger partial charge in [-0.05, 0) is 18.5 Å². The number of hydrogen-bond donors (Lipinski definition) is 0. The summed E-state index contributed by atoms with van der Waals surface area (Å²) in [7, 11) is -2.36. The second kappa shape index (κ2) is 12.1. The number of ether oxygens (including phenoxy) is 3. The van der Waals surface area contributed by atoms with Crippen LogP contribution < -0.4 is 5.56 Å². The molecule has 0 saturated heterocycles. The van der Waals surface area contributed by atoms with E-state index in [0.717, 1.165) is 30.4 Å². The smallest absolute Gasteiger partial charge is 0.279 e. The Bertz CT molecular complexity index is 971. The molecule has 0 aliphatic rings. The fourth-order valence-corrected chi connectivity index (χ4v) is 4.65. The summed E-state index contributed by atoms with van der Waals surface area (Å²) in [4.78, 5) is 13.3. The quantitative estimate of drug-likeness (QED) is 0.183. The molecular weight excluding hydrogens is 450 g/mol. The van der Waals surface area contributed by atoms with E-state index in [1.54, 1.807) is 6.20 Å². The fourth-order valence-electron chi connectivity index (χ4n) is 3.14. The summed E-state index contributed by atoms with van der Waals surface area (Å²) >= 11 is 0. The Labute approximate surface area is 200 Å². The van der Waals surface area contributed by atoms with Crippen LogP contribution in [0.4, 0.5) is 0 Å². The molecule has 0 aromatic carbocycles. The van der Waals surface area contributed by atoms with Gasteiger partial charge in [0.05, 0.1) is 23.7 Å². The van der Waals surface area contributed by atoms with E-state index in [0.29, 0.717) is 43.3 Å². The van der Waals surface area contributed by atoms with Crippen molar-refractivity contribution in [2.75, 3.05) is 19.8 Å². The molecule has 0 aliphatic carbocycles. The molecule has 0 aliphatic heterocycles. The van der Waals surface area contributed by atoms with E-state index in [1.165, 1.54) is 4.68 Å². The Morgan fingerprint density at radius 1 is 1.00 bits per heavy atom. The Kier molecular flexibility index (Phi) is 10.1. The van der Waals surface area contributed by atoms with E-state index in [1.807, 2.05) is 10.8 Å². The zero-order valence-corrected chi connectivity index (χ0v) is 23.7. The summed E-state index contributed by atoms with van der Waals surface area (Å²) in [6.45, 7) is 22.5. The number of hydrogen-bond acceptors (Lipinski definition) is 5. The van der Waals surface area contributed by atoms with Crippen LogP contribution >= 0.6 is 0 Å². The van der Waals surface area contributed by atoms with Gasteiger partial charge in [-0.1, -0.05) is 59.2 Å². The topological polar surface area (TPSA) is 67.5 Å². The molecule has 0 unspecified atom stereocenters. The molecule has 2 heterocycles. The molecule has 186 valence electrons. The van der Waals surface area contributed by atoms with Crippen LogP contribution in [0.15, 0.2) is 23.8 Å². The number of rotatable bonds is 15. The lowest BCUT2D eigenvalue weighted by atomic mass is 10.2. The van der Waals surface area contributed by atoms with E-state index >= 15 is 0 Å².